The molecule has 0 aliphatic rings. The lowest BCUT2D eigenvalue weighted by atomic mass is 10.2. The Balaban J connectivity index is 1.71. The van der Waals surface area contributed by atoms with E-state index in [2.05, 4.69) is 24.1 Å². The molecular weight excluding hydrogens is 378 g/mol. The number of amides is 2. The number of carbonyl (C=O) groups excluding carboxylic acids is 2. The minimum absolute atomic E-state index is 0.0519. The third-order valence-corrected chi connectivity index (χ3v) is 4.65. The summed E-state index contributed by atoms with van der Waals surface area (Å²) in [5.74, 6) is 0.618. The number of aromatic nitrogens is 1. The molecule has 1 aromatic carbocycles. The highest BCUT2D eigenvalue weighted by atomic mass is 16.5. The maximum absolute atomic E-state index is 12.3. The Labute approximate surface area is 179 Å². The van der Waals surface area contributed by atoms with Crippen LogP contribution in [0.3, 0.4) is 0 Å². The van der Waals surface area contributed by atoms with Gasteiger partial charge in [-0.05, 0) is 36.5 Å². The monoisotopic (exact) mass is 411 g/mol. The molecule has 6 nitrogen and oxygen atoms in total. The Hall–Kier alpha value is -2.89. The molecule has 0 aliphatic heterocycles. The second-order valence-electron chi connectivity index (χ2n) is 7.29. The van der Waals surface area contributed by atoms with Crippen molar-refractivity contribution in [2.45, 2.75) is 59.1 Å². The number of pyridine rings is 1. The first kappa shape index (κ1) is 23.4. The molecule has 0 saturated heterocycles. The van der Waals surface area contributed by atoms with Gasteiger partial charge in [0.15, 0.2) is 0 Å². The molecule has 1 aromatic heterocycles. The zero-order chi connectivity index (χ0) is 21.6. The molecule has 0 fully saturated rings. The first-order valence-electron chi connectivity index (χ1n) is 10.8. The molecule has 2 aromatic rings. The van der Waals surface area contributed by atoms with E-state index in [1.54, 1.807) is 6.20 Å². The van der Waals surface area contributed by atoms with Crippen LogP contribution in [0.25, 0.3) is 0 Å². The van der Waals surface area contributed by atoms with Crippen LogP contribution in [0.15, 0.2) is 48.7 Å². The van der Waals surface area contributed by atoms with Gasteiger partial charge in [0.25, 0.3) is 0 Å². The molecule has 1 heterocycles. The van der Waals surface area contributed by atoms with E-state index in [1.165, 1.54) is 0 Å². The summed E-state index contributed by atoms with van der Waals surface area (Å²) in [6.45, 7) is 6.58. The van der Waals surface area contributed by atoms with Gasteiger partial charge in [0.05, 0.1) is 0 Å². The smallest absolute Gasteiger partial charge is 0.222 e. The summed E-state index contributed by atoms with van der Waals surface area (Å²) in [6.07, 6.45) is 4.91. The van der Waals surface area contributed by atoms with Crippen molar-refractivity contribution in [3.05, 3.63) is 59.8 Å². The Bertz CT molecular complexity index is 774. The van der Waals surface area contributed by atoms with Gasteiger partial charge in [0.2, 0.25) is 17.7 Å². The zero-order valence-corrected chi connectivity index (χ0v) is 18.1. The molecule has 2 amide bonds. The Kier molecular flexibility index (Phi) is 10.4. The minimum Gasteiger partial charge on any atom is -0.473 e. The molecule has 0 saturated carbocycles. The molecule has 1 N–H and O–H groups in total. The van der Waals surface area contributed by atoms with Gasteiger partial charge in [-0.25, -0.2) is 4.98 Å². The summed E-state index contributed by atoms with van der Waals surface area (Å²) in [6, 6.07) is 13.6. The van der Waals surface area contributed by atoms with Crippen LogP contribution in [-0.2, 0) is 22.7 Å². The molecule has 0 spiro atoms. The van der Waals surface area contributed by atoms with E-state index in [9.17, 15) is 9.59 Å². The fourth-order valence-electron chi connectivity index (χ4n) is 3.12. The van der Waals surface area contributed by atoms with Gasteiger partial charge < -0.3 is 15.0 Å². The summed E-state index contributed by atoms with van der Waals surface area (Å²) in [7, 11) is 0. The van der Waals surface area contributed by atoms with Gasteiger partial charge in [-0.2, -0.15) is 0 Å². The molecule has 30 heavy (non-hydrogen) atoms. The van der Waals surface area contributed by atoms with Crippen molar-refractivity contribution in [3.8, 4) is 5.88 Å². The van der Waals surface area contributed by atoms with Crippen molar-refractivity contribution >= 4 is 11.8 Å². The van der Waals surface area contributed by atoms with Crippen LogP contribution < -0.4 is 10.1 Å². The number of benzene rings is 1. The normalized spacial score (nSPS) is 10.5. The quantitative estimate of drug-likeness (QED) is 0.539. The summed E-state index contributed by atoms with van der Waals surface area (Å²) < 4.78 is 5.73. The van der Waals surface area contributed by atoms with Gasteiger partial charge in [-0.1, -0.05) is 44.2 Å². The number of rotatable bonds is 13. The highest BCUT2D eigenvalue weighted by Crippen LogP contribution is 2.12. The van der Waals surface area contributed by atoms with Crippen molar-refractivity contribution in [3.63, 3.8) is 0 Å². The Morgan fingerprint density at radius 2 is 1.73 bits per heavy atom. The highest BCUT2D eigenvalue weighted by molar-refractivity contribution is 5.79. The van der Waals surface area contributed by atoms with Crippen molar-refractivity contribution in [2.75, 3.05) is 13.1 Å². The SMILES string of the molecule is CCCN(CCC)C(=O)CCCC(=O)NCc1ccnc(OCc2ccccc2)c1. The Morgan fingerprint density at radius 3 is 2.43 bits per heavy atom. The van der Waals surface area contributed by atoms with Crippen molar-refractivity contribution < 1.29 is 14.3 Å². The number of ether oxygens (including phenoxy) is 1. The maximum atomic E-state index is 12.3. The molecule has 0 bridgehead atoms. The van der Waals surface area contributed by atoms with E-state index in [-0.39, 0.29) is 11.8 Å². The molecule has 0 atom stereocenters. The lowest BCUT2D eigenvalue weighted by molar-refractivity contribution is -0.131. The predicted octanol–water partition coefficient (Wildman–Crippen LogP) is 4.10. The first-order valence-corrected chi connectivity index (χ1v) is 10.8. The molecule has 0 radical (unpaired) electrons. The van der Waals surface area contributed by atoms with E-state index >= 15 is 0 Å². The summed E-state index contributed by atoms with van der Waals surface area (Å²) in [5, 5.41) is 2.91. The highest BCUT2D eigenvalue weighted by Gasteiger charge is 2.12. The van der Waals surface area contributed by atoms with Crippen molar-refractivity contribution in [2.24, 2.45) is 0 Å². The van der Waals surface area contributed by atoms with E-state index < -0.39 is 0 Å². The zero-order valence-electron chi connectivity index (χ0n) is 18.1. The predicted molar refractivity (Wildman–Crippen MR) is 118 cm³/mol. The topological polar surface area (TPSA) is 71.5 Å². The standard InChI is InChI=1S/C24H33N3O3/c1-3-15-27(16-4-2)24(29)12-8-11-22(28)26-18-21-13-14-25-23(17-21)30-19-20-9-6-5-7-10-20/h5-7,9-10,13-14,17H,3-4,8,11-12,15-16,18-19H2,1-2H3,(H,26,28). The fraction of sp³-hybridized carbons (Fsp3) is 0.458. The summed E-state index contributed by atoms with van der Waals surface area (Å²) in [4.78, 5) is 30.5. The average Bonchev–Trinajstić information content (AvgIpc) is 2.77. The molecule has 0 unspecified atom stereocenters. The fourth-order valence-corrected chi connectivity index (χ4v) is 3.12. The Morgan fingerprint density at radius 1 is 1.00 bits per heavy atom. The molecular formula is C24H33N3O3. The van der Waals surface area contributed by atoms with E-state index in [4.69, 9.17) is 4.74 Å². The van der Waals surface area contributed by atoms with Gasteiger partial charge in [0, 0.05) is 44.7 Å². The largest absolute Gasteiger partial charge is 0.473 e. The van der Waals surface area contributed by atoms with E-state index in [0.29, 0.717) is 38.3 Å². The van der Waals surface area contributed by atoms with Crippen molar-refractivity contribution in [1.29, 1.82) is 0 Å². The lowest BCUT2D eigenvalue weighted by Crippen LogP contribution is -2.32. The maximum Gasteiger partial charge on any atom is 0.222 e. The summed E-state index contributed by atoms with van der Waals surface area (Å²) in [5.41, 5.74) is 2.00. The minimum atomic E-state index is -0.0519. The second kappa shape index (κ2) is 13.4. The van der Waals surface area contributed by atoms with E-state index in [0.717, 1.165) is 37.1 Å². The molecule has 0 aliphatic carbocycles. The number of nitrogens with one attached hydrogen (secondary N) is 1. The van der Waals surface area contributed by atoms with Crippen LogP contribution in [-0.4, -0.2) is 34.8 Å². The first-order chi connectivity index (χ1) is 14.6. The van der Waals surface area contributed by atoms with Crippen LogP contribution in [0, 0.1) is 0 Å². The average molecular weight is 412 g/mol. The number of hydrogen-bond acceptors (Lipinski definition) is 4. The van der Waals surface area contributed by atoms with Gasteiger partial charge in [0.1, 0.15) is 6.61 Å². The van der Waals surface area contributed by atoms with Gasteiger partial charge >= 0.3 is 0 Å². The summed E-state index contributed by atoms with van der Waals surface area (Å²) >= 11 is 0. The number of carbonyl (C=O) groups is 2. The third kappa shape index (κ3) is 8.64. The molecule has 162 valence electrons. The van der Waals surface area contributed by atoms with Gasteiger partial charge in [-0.15, -0.1) is 0 Å². The third-order valence-electron chi connectivity index (χ3n) is 4.65. The van der Waals surface area contributed by atoms with Gasteiger partial charge in [-0.3, -0.25) is 9.59 Å². The van der Waals surface area contributed by atoms with Crippen LogP contribution in [0.5, 0.6) is 5.88 Å². The second-order valence-corrected chi connectivity index (χ2v) is 7.29. The van der Waals surface area contributed by atoms with Crippen molar-refractivity contribution in [1.82, 2.24) is 15.2 Å². The number of nitrogens with zero attached hydrogens (tertiary/aromatic N) is 2. The molecule has 6 heteroatoms. The lowest BCUT2D eigenvalue weighted by Gasteiger charge is -2.21. The van der Waals surface area contributed by atoms with E-state index in [1.807, 2.05) is 47.4 Å². The van der Waals surface area contributed by atoms with Crippen LogP contribution in [0.4, 0.5) is 0 Å². The number of hydrogen-bond donors (Lipinski definition) is 1. The van der Waals surface area contributed by atoms with Crippen LogP contribution in [0.2, 0.25) is 0 Å². The molecule has 2 rings (SSSR count). The van der Waals surface area contributed by atoms with Crippen LogP contribution in [0.1, 0.15) is 57.1 Å². The van der Waals surface area contributed by atoms with Crippen LogP contribution >= 0.6 is 0 Å².